The quantitative estimate of drug-likeness (QED) is 0.342. The van der Waals surface area contributed by atoms with Gasteiger partial charge in [0.2, 0.25) is 0 Å². The molecule has 0 saturated heterocycles. The number of benzene rings is 1. The van der Waals surface area contributed by atoms with E-state index in [0.717, 1.165) is 4.90 Å². The van der Waals surface area contributed by atoms with Crippen molar-refractivity contribution in [3.05, 3.63) is 34.3 Å². The van der Waals surface area contributed by atoms with Crippen molar-refractivity contribution in [2.24, 2.45) is 10.9 Å². The lowest BCUT2D eigenvalue weighted by Gasteiger charge is -2.29. The van der Waals surface area contributed by atoms with E-state index in [9.17, 15) is 9.59 Å². The van der Waals surface area contributed by atoms with E-state index < -0.39 is 23.4 Å². The summed E-state index contributed by atoms with van der Waals surface area (Å²) in [6.07, 6.45) is -1.76. The molecule has 27 heavy (non-hydrogen) atoms. The Balaban J connectivity index is 3.29. The topological polar surface area (TPSA) is 114 Å². The second-order valence-corrected chi connectivity index (χ2v) is 8.27. The Kier molecular flexibility index (Phi) is 7.08. The molecule has 2 amide bonds. The van der Waals surface area contributed by atoms with Gasteiger partial charge in [0.25, 0.3) is 0 Å². The average molecular weight is 400 g/mol. The Morgan fingerprint density at radius 3 is 2.00 bits per heavy atom. The lowest BCUT2D eigenvalue weighted by molar-refractivity contribution is -0.000251. The van der Waals surface area contributed by atoms with Crippen LogP contribution in [0.3, 0.4) is 0 Å². The van der Waals surface area contributed by atoms with Crippen molar-refractivity contribution in [1.82, 2.24) is 4.90 Å². The molecule has 0 aromatic heterocycles. The van der Waals surface area contributed by atoms with Crippen LogP contribution in [0, 0.1) is 0 Å². The number of hydrogen-bond acceptors (Lipinski definition) is 6. The molecule has 0 heterocycles. The highest BCUT2D eigenvalue weighted by molar-refractivity contribution is 6.31. The molecule has 0 aliphatic carbocycles. The van der Waals surface area contributed by atoms with Crippen molar-refractivity contribution in [3.8, 4) is 0 Å². The third-order valence-electron chi connectivity index (χ3n) is 3.01. The van der Waals surface area contributed by atoms with Gasteiger partial charge in [-0.15, -0.1) is 0 Å². The van der Waals surface area contributed by atoms with Crippen LogP contribution in [0.25, 0.3) is 0 Å². The molecule has 1 aromatic carbocycles. The smallest absolute Gasteiger partial charge is 0.420 e. The van der Waals surface area contributed by atoms with Crippen molar-refractivity contribution in [3.63, 3.8) is 0 Å². The SMILES string of the molecule is CC(C)(C)OC(=O)N(Cc1ccc(Cl)cc1/C(N)=N/O)C(=O)OC(C)(C)C. The number of amidine groups is 1. The molecule has 150 valence electrons. The van der Waals surface area contributed by atoms with Crippen LogP contribution in [0.1, 0.15) is 52.7 Å². The van der Waals surface area contributed by atoms with Crippen molar-refractivity contribution < 1.29 is 24.3 Å². The maximum absolute atomic E-state index is 12.6. The summed E-state index contributed by atoms with van der Waals surface area (Å²) in [5.41, 5.74) is 4.76. The van der Waals surface area contributed by atoms with Crippen LogP contribution in [-0.4, -0.2) is 39.3 Å². The van der Waals surface area contributed by atoms with Gasteiger partial charge in [0.05, 0.1) is 6.54 Å². The number of rotatable bonds is 3. The van der Waals surface area contributed by atoms with E-state index in [1.165, 1.54) is 6.07 Å². The van der Waals surface area contributed by atoms with Crippen molar-refractivity contribution >= 4 is 29.6 Å². The highest BCUT2D eigenvalue weighted by Gasteiger charge is 2.32. The first kappa shape index (κ1) is 22.6. The standard InChI is InChI=1S/C18H26ClN3O5/c1-17(2,3)26-15(23)22(16(24)27-18(4,5)6)10-11-7-8-12(19)9-13(11)14(20)21-25/h7-9,25H,10H2,1-6H3,(H2,20,21). The molecule has 0 atom stereocenters. The molecular formula is C18H26ClN3O5. The monoisotopic (exact) mass is 399 g/mol. The molecule has 0 fully saturated rings. The second-order valence-electron chi connectivity index (χ2n) is 7.83. The van der Waals surface area contributed by atoms with Gasteiger partial charge < -0.3 is 20.4 Å². The summed E-state index contributed by atoms with van der Waals surface area (Å²) < 4.78 is 10.6. The van der Waals surface area contributed by atoms with E-state index in [2.05, 4.69) is 5.16 Å². The van der Waals surface area contributed by atoms with Gasteiger partial charge in [-0.3, -0.25) is 0 Å². The minimum Gasteiger partial charge on any atom is -0.443 e. The molecule has 0 bridgehead atoms. The van der Waals surface area contributed by atoms with E-state index in [-0.39, 0.29) is 17.9 Å². The normalized spacial score (nSPS) is 12.5. The molecule has 0 saturated carbocycles. The van der Waals surface area contributed by atoms with E-state index in [4.69, 9.17) is 32.0 Å². The molecule has 9 heteroatoms. The van der Waals surface area contributed by atoms with Gasteiger partial charge in [0.15, 0.2) is 5.84 Å². The number of halogens is 1. The zero-order chi connectivity index (χ0) is 21.0. The minimum atomic E-state index is -0.878. The zero-order valence-electron chi connectivity index (χ0n) is 16.4. The Labute approximate surface area is 163 Å². The van der Waals surface area contributed by atoms with Crippen LogP contribution in [0.5, 0.6) is 0 Å². The Morgan fingerprint density at radius 1 is 1.11 bits per heavy atom. The molecule has 0 aliphatic heterocycles. The molecule has 3 N–H and O–H groups in total. The van der Waals surface area contributed by atoms with E-state index in [0.29, 0.717) is 10.6 Å². The van der Waals surface area contributed by atoms with Gasteiger partial charge in [0, 0.05) is 10.6 Å². The highest BCUT2D eigenvalue weighted by atomic mass is 35.5. The zero-order valence-corrected chi connectivity index (χ0v) is 17.1. The number of nitrogens with zero attached hydrogens (tertiary/aromatic N) is 2. The lowest BCUT2D eigenvalue weighted by Crippen LogP contribution is -2.43. The molecule has 0 aliphatic rings. The van der Waals surface area contributed by atoms with Gasteiger partial charge in [0.1, 0.15) is 11.2 Å². The largest absolute Gasteiger partial charge is 0.443 e. The summed E-state index contributed by atoms with van der Waals surface area (Å²) in [6.45, 7) is 9.88. The fourth-order valence-electron chi connectivity index (χ4n) is 1.99. The predicted octanol–water partition coefficient (Wildman–Crippen LogP) is 4.11. The molecular weight excluding hydrogens is 374 g/mol. The minimum absolute atomic E-state index is 0.208. The first-order valence-electron chi connectivity index (χ1n) is 8.23. The fourth-order valence-corrected chi connectivity index (χ4v) is 2.16. The van der Waals surface area contributed by atoms with Gasteiger partial charge >= 0.3 is 12.2 Å². The molecule has 0 spiro atoms. The number of amides is 2. The van der Waals surface area contributed by atoms with Gasteiger partial charge in [-0.05, 0) is 59.2 Å². The summed E-state index contributed by atoms with van der Waals surface area (Å²) in [6, 6.07) is 4.60. The summed E-state index contributed by atoms with van der Waals surface area (Å²) in [5, 5.41) is 12.3. The summed E-state index contributed by atoms with van der Waals surface area (Å²) >= 11 is 5.96. The van der Waals surface area contributed by atoms with Crippen molar-refractivity contribution in [2.45, 2.75) is 59.3 Å². The average Bonchev–Trinajstić information content (AvgIpc) is 2.49. The fraction of sp³-hybridized carbons (Fsp3) is 0.500. The molecule has 1 rings (SSSR count). The van der Waals surface area contributed by atoms with Crippen LogP contribution < -0.4 is 5.73 Å². The third kappa shape index (κ3) is 7.34. The Bertz CT molecular complexity index is 707. The Hall–Kier alpha value is -2.48. The van der Waals surface area contributed by atoms with E-state index in [1.807, 2.05) is 0 Å². The number of oxime groups is 1. The number of imide groups is 1. The summed E-state index contributed by atoms with van der Waals surface area (Å²) in [7, 11) is 0. The summed E-state index contributed by atoms with van der Waals surface area (Å²) in [5.74, 6) is -0.208. The maximum atomic E-state index is 12.6. The van der Waals surface area contributed by atoms with E-state index >= 15 is 0 Å². The molecule has 0 radical (unpaired) electrons. The van der Waals surface area contributed by atoms with Gasteiger partial charge in [-0.25, -0.2) is 14.5 Å². The van der Waals surface area contributed by atoms with Crippen LogP contribution >= 0.6 is 11.6 Å². The predicted molar refractivity (Wildman–Crippen MR) is 102 cm³/mol. The van der Waals surface area contributed by atoms with Crippen molar-refractivity contribution in [1.29, 1.82) is 0 Å². The van der Waals surface area contributed by atoms with Crippen molar-refractivity contribution in [2.75, 3.05) is 0 Å². The molecule has 8 nitrogen and oxygen atoms in total. The molecule has 1 aromatic rings. The number of ether oxygens (including phenoxy) is 2. The third-order valence-corrected chi connectivity index (χ3v) is 3.25. The number of carbonyl (C=O) groups is 2. The van der Waals surface area contributed by atoms with Crippen LogP contribution in [0.4, 0.5) is 9.59 Å². The highest BCUT2D eigenvalue weighted by Crippen LogP contribution is 2.21. The van der Waals surface area contributed by atoms with Gasteiger partial charge in [-0.2, -0.15) is 0 Å². The second kappa shape index (κ2) is 8.47. The van der Waals surface area contributed by atoms with Gasteiger partial charge in [-0.1, -0.05) is 22.8 Å². The van der Waals surface area contributed by atoms with Crippen LogP contribution in [-0.2, 0) is 16.0 Å². The maximum Gasteiger partial charge on any atom is 0.420 e. The lowest BCUT2D eigenvalue weighted by atomic mass is 10.1. The van der Waals surface area contributed by atoms with Crippen LogP contribution in [0.15, 0.2) is 23.4 Å². The van der Waals surface area contributed by atoms with E-state index in [1.54, 1.807) is 53.7 Å². The van der Waals surface area contributed by atoms with Crippen LogP contribution in [0.2, 0.25) is 5.02 Å². The molecule has 0 unspecified atom stereocenters. The first-order chi connectivity index (χ1) is 12.2. The first-order valence-corrected chi connectivity index (χ1v) is 8.61. The summed E-state index contributed by atoms with van der Waals surface area (Å²) in [4.78, 5) is 26.0. The number of nitrogens with two attached hydrogens (primary N) is 1. The Morgan fingerprint density at radius 2 is 1.59 bits per heavy atom. The number of hydrogen-bond donors (Lipinski definition) is 2. The number of carbonyl (C=O) groups excluding carboxylic acids is 2.